The van der Waals surface area contributed by atoms with Crippen LogP contribution < -0.4 is 5.32 Å². The third-order valence-corrected chi connectivity index (χ3v) is 2.45. The SMILES string of the molecule is O=C(Cc1c(F)cccc1F)NC(CCO)C(=O)O. The summed E-state index contributed by atoms with van der Waals surface area (Å²) < 4.78 is 26.6. The zero-order valence-electron chi connectivity index (χ0n) is 9.90. The van der Waals surface area contributed by atoms with Gasteiger partial charge in [-0.2, -0.15) is 0 Å². The highest BCUT2D eigenvalue weighted by molar-refractivity contribution is 5.84. The zero-order valence-corrected chi connectivity index (χ0v) is 9.90. The van der Waals surface area contributed by atoms with Gasteiger partial charge in [0.25, 0.3) is 0 Å². The van der Waals surface area contributed by atoms with Crippen molar-refractivity contribution in [1.82, 2.24) is 5.32 Å². The molecular formula is C12H13F2NO4. The molecule has 1 amide bonds. The second-order valence-electron chi connectivity index (χ2n) is 3.85. The van der Waals surface area contributed by atoms with Crippen LogP contribution in [0, 0.1) is 11.6 Å². The molecule has 0 aromatic heterocycles. The van der Waals surface area contributed by atoms with E-state index >= 15 is 0 Å². The first-order chi connectivity index (χ1) is 8.95. The molecule has 19 heavy (non-hydrogen) atoms. The minimum atomic E-state index is -1.32. The van der Waals surface area contributed by atoms with Crippen LogP contribution >= 0.6 is 0 Å². The number of rotatable bonds is 6. The van der Waals surface area contributed by atoms with Crippen molar-refractivity contribution >= 4 is 11.9 Å². The third kappa shape index (κ3) is 4.29. The van der Waals surface area contributed by atoms with Crippen molar-refractivity contribution in [1.29, 1.82) is 0 Å². The van der Waals surface area contributed by atoms with Gasteiger partial charge in [0.15, 0.2) is 0 Å². The van der Waals surface area contributed by atoms with E-state index in [0.29, 0.717) is 0 Å². The average molecular weight is 273 g/mol. The Hall–Kier alpha value is -2.02. The number of carboxylic acid groups (broad SMARTS) is 1. The monoisotopic (exact) mass is 273 g/mol. The predicted octanol–water partition coefficient (Wildman–Crippen LogP) is 0.459. The number of nitrogens with one attached hydrogen (secondary N) is 1. The molecule has 0 aliphatic heterocycles. The van der Waals surface area contributed by atoms with Gasteiger partial charge in [-0.25, -0.2) is 13.6 Å². The Bertz CT molecular complexity index is 459. The molecule has 7 heteroatoms. The molecule has 1 aromatic rings. The van der Waals surface area contributed by atoms with E-state index in [1.54, 1.807) is 0 Å². The Morgan fingerprint density at radius 1 is 1.26 bits per heavy atom. The van der Waals surface area contributed by atoms with Crippen LogP contribution in [0.3, 0.4) is 0 Å². The normalized spacial score (nSPS) is 11.9. The molecule has 0 saturated carbocycles. The Balaban J connectivity index is 2.72. The summed E-state index contributed by atoms with van der Waals surface area (Å²) >= 11 is 0. The number of aliphatic hydroxyl groups excluding tert-OH is 1. The third-order valence-electron chi connectivity index (χ3n) is 2.45. The molecule has 104 valence electrons. The average Bonchev–Trinajstić information content (AvgIpc) is 2.33. The first kappa shape index (κ1) is 15.0. The van der Waals surface area contributed by atoms with Crippen molar-refractivity contribution in [2.24, 2.45) is 0 Å². The quantitative estimate of drug-likeness (QED) is 0.702. The van der Waals surface area contributed by atoms with Crippen molar-refractivity contribution in [3.8, 4) is 0 Å². The second kappa shape index (κ2) is 6.79. The fourth-order valence-corrected chi connectivity index (χ4v) is 1.49. The fourth-order valence-electron chi connectivity index (χ4n) is 1.49. The van der Waals surface area contributed by atoms with Crippen LogP contribution in [-0.4, -0.2) is 34.7 Å². The highest BCUT2D eigenvalue weighted by atomic mass is 19.1. The molecule has 0 heterocycles. The van der Waals surface area contributed by atoms with Crippen LogP contribution in [0.15, 0.2) is 18.2 Å². The van der Waals surface area contributed by atoms with E-state index in [-0.39, 0.29) is 6.42 Å². The van der Waals surface area contributed by atoms with Crippen molar-refractivity contribution in [3.05, 3.63) is 35.4 Å². The summed E-state index contributed by atoms with van der Waals surface area (Å²) in [5, 5.41) is 19.5. The molecule has 1 unspecified atom stereocenters. The van der Waals surface area contributed by atoms with E-state index in [1.807, 2.05) is 0 Å². The number of halogens is 2. The first-order valence-electron chi connectivity index (χ1n) is 5.51. The van der Waals surface area contributed by atoms with E-state index in [0.717, 1.165) is 18.2 Å². The van der Waals surface area contributed by atoms with Crippen LogP contribution in [0.4, 0.5) is 8.78 Å². The molecule has 0 bridgehead atoms. The van der Waals surface area contributed by atoms with Crippen LogP contribution in [0.5, 0.6) is 0 Å². The summed E-state index contributed by atoms with van der Waals surface area (Å²) in [6, 6.07) is 1.90. The molecular weight excluding hydrogens is 260 g/mol. The van der Waals surface area contributed by atoms with E-state index in [9.17, 15) is 18.4 Å². The smallest absolute Gasteiger partial charge is 0.326 e. The number of aliphatic hydroxyl groups is 1. The molecule has 1 aromatic carbocycles. The maximum Gasteiger partial charge on any atom is 0.326 e. The molecule has 0 aliphatic rings. The largest absolute Gasteiger partial charge is 0.480 e. The molecule has 1 atom stereocenters. The maximum absolute atomic E-state index is 13.3. The maximum atomic E-state index is 13.3. The van der Waals surface area contributed by atoms with E-state index in [2.05, 4.69) is 5.32 Å². The molecule has 0 spiro atoms. The first-order valence-corrected chi connectivity index (χ1v) is 5.51. The lowest BCUT2D eigenvalue weighted by Gasteiger charge is -2.13. The molecule has 0 fully saturated rings. The Morgan fingerprint density at radius 3 is 2.32 bits per heavy atom. The Kier molecular flexibility index (Phi) is 5.37. The molecule has 5 nitrogen and oxygen atoms in total. The standard InChI is InChI=1S/C12H13F2NO4/c13-8-2-1-3-9(14)7(8)6-11(17)15-10(4-5-16)12(18)19/h1-3,10,16H,4-6H2,(H,15,17)(H,18,19). The van der Waals surface area contributed by atoms with Crippen molar-refractivity contribution in [3.63, 3.8) is 0 Å². The zero-order chi connectivity index (χ0) is 14.4. The number of carbonyl (C=O) groups is 2. The van der Waals surface area contributed by atoms with E-state index in [1.165, 1.54) is 0 Å². The predicted molar refractivity (Wildman–Crippen MR) is 61.3 cm³/mol. The van der Waals surface area contributed by atoms with Gasteiger partial charge in [-0.15, -0.1) is 0 Å². The van der Waals surface area contributed by atoms with Crippen LogP contribution in [0.1, 0.15) is 12.0 Å². The summed E-state index contributed by atoms with van der Waals surface area (Å²) in [6.07, 6.45) is -0.783. The van der Waals surface area contributed by atoms with Gasteiger partial charge >= 0.3 is 5.97 Å². The highest BCUT2D eigenvalue weighted by Gasteiger charge is 2.21. The summed E-state index contributed by atoms with van der Waals surface area (Å²) in [5.74, 6) is -3.89. The number of amides is 1. The number of carboxylic acids is 1. The molecule has 0 aliphatic carbocycles. The van der Waals surface area contributed by atoms with Crippen LogP contribution in [-0.2, 0) is 16.0 Å². The number of hydrogen-bond acceptors (Lipinski definition) is 3. The summed E-state index contributed by atoms with van der Waals surface area (Å²) in [4.78, 5) is 22.3. The van der Waals surface area contributed by atoms with Crippen LogP contribution in [0.2, 0.25) is 0 Å². The summed E-state index contributed by atoms with van der Waals surface area (Å²) in [7, 11) is 0. The van der Waals surface area contributed by atoms with Gasteiger partial charge in [-0.05, 0) is 12.1 Å². The molecule has 0 radical (unpaired) electrons. The van der Waals surface area contributed by atoms with Gasteiger partial charge in [0.1, 0.15) is 17.7 Å². The van der Waals surface area contributed by atoms with E-state index in [4.69, 9.17) is 10.2 Å². The van der Waals surface area contributed by atoms with Crippen molar-refractivity contribution in [2.75, 3.05) is 6.61 Å². The number of hydrogen-bond donors (Lipinski definition) is 3. The number of benzene rings is 1. The van der Waals surface area contributed by atoms with Gasteiger partial charge in [-0.3, -0.25) is 4.79 Å². The molecule has 1 rings (SSSR count). The second-order valence-corrected chi connectivity index (χ2v) is 3.85. The Labute approximate surface area is 107 Å². The lowest BCUT2D eigenvalue weighted by Crippen LogP contribution is -2.42. The Morgan fingerprint density at radius 2 is 1.84 bits per heavy atom. The summed E-state index contributed by atoms with van der Waals surface area (Å²) in [6.45, 7) is -0.425. The minimum absolute atomic E-state index is 0.180. The lowest BCUT2D eigenvalue weighted by molar-refractivity contribution is -0.142. The van der Waals surface area contributed by atoms with Crippen molar-refractivity contribution in [2.45, 2.75) is 18.9 Å². The number of aliphatic carboxylic acids is 1. The number of carbonyl (C=O) groups excluding carboxylic acids is 1. The van der Waals surface area contributed by atoms with Gasteiger partial charge in [-0.1, -0.05) is 6.07 Å². The summed E-state index contributed by atoms with van der Waals surface area (Å²) in [5.41, 5.74) is -0.423. The highest BCUT2D eigenvalue weighted by Crippen LogP contribution is 2.12. The fraction of sp³-hybridized carbons (Fsp3) is 0.333. The molecule has 3 N–H and O–H groups in total. The lowest BCUT2D eigenvalue weighted by atomic mass is 10.1. The topological polar surface area (TPSA) is 86.6 Å². The van der Waals surface area contributed by atoms with Gasteiger partial charge in [0.05, 0.1) is 6.42 Å². The minimum Gasteiger partial charge on any atom is -0.480 e. The van der Waals surface area contributed by atoms with Gasteiger partial charge in [0.2, 0.25) is 5.91 Å². The van der Waals surface area contributed by atoms with E-state index < -0.39 is 48.1 Å². The van der Waals surface area contributed by atoms with Crippen LogP contribution in [0.25, 0.3) is 0 Å². The van der Waals surface area contributed by atoms with Crippen molar-refractivity contribution < 1.29 is 28.6 Å². The molecule has 0 saturated heterocycles. The van der Waals surface area contributed by atoms with Gasteiger partial charge < -0.3 is 15.5 Å². The van der Waals surface area contributed by atoms with Gasteiger partial charge in [0, 0.05) is 18.6 Å².